The minimum atomic E-state index is 0.803. The number of hydrogen-bond donors (Lipinski definition) is 0. The number of aromatic nitrogens is 2. The number of piperidine rings is 1. The average Bonchev–Trinajstić information content (AvgIpc) is 3.17. The van der Waals surface area contributed by atoms with Crippen molar-refractivity contribution in [2.75, 3.05) is 32.7 Å². The molecule has 1 aromatic heterocycles. The van der Waals surface area contributed by atoms with Crippen molar-refractivity contribution >= 4 is 0 Å². The number of aryl methyl sites for hydroxylation is 1. The first kappa shape index (κ1) is 17.0. The number of nitrogens with zero attached hydrogens (tertiary/aromatic N) is 4. The second-order valence-corrected chi connectivity index (χ2v) is 7.99. The van der Waals surface area contributed by atoms with Gasteiger partial charge in [-0.1, -0.05) is 13.8 Å². The van der Waals surface area contributed by atoms with Crippen LogP contribution in [-0.4, -0.2) is 52.1 Å². The molecule has 130 valence electrons. The zero-order chi connectivity index (χ0) is 16.2. The molecule has 2 aliphatic rings. The van der Waals surface area contributed by atoms with E-state index in [0.29, 0.717) is 0 Å². The van der Waals surface area contributed by atoms with Gasteiger partial charge in [0.25, 0.3) is 0 Å². The van der Waals surface area contributed by atoms with Crippen LogP contribution in [0.25, 0.3) is 0 Å². The van der Waals surface area contributed by atoms with Crippen LogP contribution < -0.4 is 0 Å². The zero-order valence-electron chi connectivity index (χ0n) is 15.2. The second kappa shape index (κ2) is 7.80. The summed E-state index contributed by atoms with van der Waals surface area (Å²) in [6.07, 6.45) is 8.24. The van der Waals surface area contributed by atoms with Gasteiger partial charge < -0.3 is 9.47 Å². The largest absolute Gasteiger partial charge is 0.334 e. The molecular formula is C19H34N4. The van der Waals surface area contributed by atoms with Crippen LogP contribution in [0.3, 0.4) is 0 Å². The van der Waals surface area contributed by atoms with Gasteiger partial charge in [0.15, 0.2) is 0 Å². The molecule has 2 aliphatic heterocycles. The first-order chi connectivity index (χ1) is 11.2. The minimum Gasteiger partial charge on any atom is -0.334 e. The van der Waals surface area contributed by atoms with Gasteiger partial charge in [0.2, 0.25) is 0 Å². The van der Waals surface area contributed by atoms with Gasteiger partial charge in [0.05, 0.1) is 12.0 Å². The second-order valence-electron chi connectivity index (χ2n) is 7.99. The maximum Gasteiger partial charge on any atom is 0.0948 e. The Bertz CT molecular complexity index is 473. The van der Waals surface area contributed by atoms with E-state index in [-0.39, 0.29) is 0 Å². The molecule has 3 heterocycles. The molecule has 0 aliphatic carbocycles. The lowest BCUT2D eigenvalue weighted by Crippen LogP contribution is -2.38. The van der Waals surface area contributed by atoms with Crippen molar-refractivity contribution in [2.45, 2.75) is 53.1 Å². The van der Waals surface area contributed by atoms with Crippen molar-refractivity contribution in [3.8, 4) is 0 Å². The van der Waals surface area contributed by atoms with Crippen molar-refractivity contribution in [3.05, 3.63) is 18.2 Å². The Hall–Kier alpha value is -0.870. The molecule has 4 heteroatoms. The van der Waals surface area contributed by atoms with E-state index in [1.165, 1.54) is 57.7 Å². The zero-order valence-corrected chi connectivity index (χ0v) is 15.2. The van der Waals surface area contributed by atoms with E-state index in [4.69, 9.17) is 0 Å². The average molecular weight is 319 g/mol. The Balaban J connectivity index is 1.45. The van der Waals surface area contributed by atoms with Gasteiger partial charge in [0.1, 0.15) is 0 Å². The summed E-state index contributed by atoms with van der Waals surface area (Å²) in [5.74, 6) is 2.69. The van der Waals surface area contributed by atoms with Gasteiger partial charge in [-0.2, -0.15) is 0 Å². The molecule has 0 saturated carbocycles. The smallest absolute Gasteiger partial charge is 0.0948 e. The number of imidazole rings is 1. The topological polar surface area (TPSA) is 24.3 Å². The third-order valence-electron chi connectivity index (χ3n) is 5.76. The molecular weight excluding hydrogens is 284 g/mol. The molecule has 0 amide bonds. The molecule has 0 spiro atoms. The van der Waals surface area contributed by atoms with E-state index in [1.807, 2.05) is 12.5 Å². The molecule has 0 aromatic carbocycles. The molecule has 0 N–H and O–H groups in total. The molecule has 0 bridgehead atoms. The highest BCUT2D eigenvalue weighted by atomic mass is 15.2. The quantitative estimate of drug-likeness (QED) is 0.805. The van der Waals surface area contributed by atoms with Crippen LogP contribution >= 0.6 is 0 Å². The number of hydrogen-bond acceptors (Lipinski definition) is 3. The highest BCUT2D eigenvalue weighted by Crippen LogP contribution is 2.32. The Labute approximate surface area is 141 Å². The predicted octanol–water partition coefficient (Wildman–Crippen LogP) is 3.09. The first-order valence-corrected chi connectivity index (χ1v) is 9.59. The van der Waals surface area contributed by atoms with E-state index in [2.05, 4.69) is 40.1 Å². The van der Waals surface area contributed by atoms with Crippen LogP contribution in [0.1, 0.15) is 45.7 Å². The summed E-state index contributed by atoms with van der Waals surface area (Å²) in [4.78, 5) is 9.63. The molecule has 1 unspecified atom stereocenters. The lowest BCUT2D eigenvalue weighted by atomic mass is 9.83. The summed E-state index contributed by atoms with van der Waals surface area (Å²) >= 11 is 0. The monoisotopic (exact) mass is 318 g/mol. The summed E-state index contributed by atoms with van der Waals surface area (Å²) < 4.78 is 2.28. The maximum atomic E-state index is 4.31. The lowest BCUT2D eigenvalue weighted by Gasteiger charge is -2.35. The van der Waals surface area contributed by atoms with E-state index in [1.54, 1.807) is 0 Å². The molecule has 2 fully saturated rings. The van der Waals surface area contributed by atoms with Gasteiger partial charge in [-0.15, -0.1) is 0 Å². The molecule has 0 radical (unpaired) electrons. The van der Waals surface area contributed by atoms with Crippen LogP contribution in [0, 0.1) is 17.8 Å². The molecule has 4 nitrogen and oxygen atoms in total. The number of rotatable bonds is 6. The van der Waals surface area contributed by atoms with Crippen molar-refractivity contribution in [3.63, 3.8) is 0 Å². The van der Waals surface area contributed by atoms with Crippen molar-refractivity contribution in [1.82, 2.24) is 19.4 Å². The first-order valence-electron chi connectivity index (χ1n) is 9.59. The Morgan fingerprint density at radius 3 is 2.48 bits per heavy atom. The van der Waals surface area contributed by atoms with Crippen LogP contribution in [0.2, 0.25) is 0 Å². The Morgan fingerprint density at radius 1 is 1.09 bits per heavy atom. The predicted molar refractivity (Wildman–Crippen MR) is 95.3 cm³/mol. The molecule has 1 aromatic rings. The van der Waals surface area contributed by atoms with Gasteiger partial charge in [-0.25, -0.2) is 4.98 Å². The van der Waals surface area contributed by atoms with Crippen molar-refractivity contribution < 1.29 is 0 Å². The van der Waals surface area contributed by atoms with Crippen LogP contribution in [0.4, 0.5) is 0 Å². The van der Waals surface area contributed by atoms with Crippen molar-refractivity contribution in [2.24, 2.45) is 17.8 Å². The van der Waals surface area contributed by atoms with Gasteiger partial charge >= 0.3 is 0 Å². The molecule has 3 rings (SSSR count). The summed E-state index contributed by atoms with van der Waals surface area (Å²) in [7, 11) is 0. The minimum absolute atomic E-state index is 0.803. The van der Waals surface area contributed by atoms with Gasteiger partial charge in [0, 0.05) is 32.4 Å². The number of likely N-dealkylation sites (tertiary alicyclic amines) is 2. The van der Waals surface area contributed by atoms with Gasteiger partial charge in [-0.3, -0.25) is 4.90 Å². The van der Waals surface area contributed by atoms with Gasteiger partial charge in [-0.05, 0) is 63.6 Å². The van der Waals surface area contributed by atoms with Crippen LogP contribution in [0.5, 0.6) is 0 Å². The maximum absolute atomic E-state index is 4.31. The molecule has 2 saturated heterocycles. The Kier molecular flexibility index (Phi) is 5.76. The van der Waals surface area contributed by atoms with E-state index >= 15 is 0 Å². The lowest BCUT2D eigenvalue weighted by molar-refractivity contribution is 0.135. The summed E-state index contributed by atoms with van der Waals surface area (Å²) in [6.45, 7) is 15.5. The fraction of sp³-hybridized carbons (Fsp3) is 0.842. The molecule has 23 heavy (non-hydrogen) atoms. The van der Waals surface area contributed by atoms with Crippen LogP contribution in [-0.2, 0) is 13.1 Å². The highest BCUT2D eigenvalue weighted by Gasteiger charge is 2.32. The summed E-state index contributed by atoms with van der Waals surface area (Å²) in [5.41, 5.74) is 1.37. The molecule has 1 atom stereocenters. The third kappa shape index (κ3) is 4.36. The normalized spacial score (nSPS) is 24.8. The Morgan fingerprint density at radius 2 is 1.78 bits per heavy atom. The van der Waals surface area contributed by atoms with Crippen LogP contribution in [0.15, 0.2) is 12.5 Å². The van der Waals surface area contributed by atoms with E-state index in [0.717, 1.165) is 30.8 Å². The van der Waals surface area contributed by atoms with E-state index in [9.17, 15) is 0 Å². The summed E-state index contributed by atoms with van der Waals surface area (Å²) in [6, 6.07) is 0. The summed E-state index contributed by atoms with van der Waals surface area (Å²) in [5, 5.41) is 0. The standard InChI is InChI=1S/C19H34N4/c1-4-23-15-20-11-19(23)14-22-10-7-18(13-22)17-5-8-21(9-6-17)12-16(2)3/h11,15-18H,4-10,12-14H2,1-3H3. The third-order valence-corrected chi connectivity index (χ3v) is 5.76. The van der Waals surface area contributed by atoms with Crippen molar-refractivity contribution in [1.29, 1.82) is 0 Å². The fourth-order valence-corrected chi connectivity index (χ4v) is 4.51. The highest BCUT2D eigenvalue weighted by molar-refractivity contribution is 4.99. The van der Waals surface area contributed by atoms with E-state index < -0.39 is 0 Å². The fourth-order valence-electron chi connectivity index (χ4n) is 4.51. The SMILES string of the molecule is CCn1cncc1CN1CCC(C2CCN(CC(C)C)CC2)C1.